The Morgan fingerprint density at radius 1 is 1.12 bits per heavy atom. The van der Waals surface area contributed by atoms with E-state index in [2.05, 4.69) is 0 Å². The molecule has 0 aliphatic carbocycles. The Labute approximate surface area is 138 Å². The summed E-state index contributed by atoms with van der Waals surface area (Å²) in [4.78, 5) is 23.4. The van der Waals surface area contributed by atoms with E-state index in [1.165, 1.54) is 30.3 Å². The zero-order valence-electron chi connectivity index (χ0n) is 13.6. The van der Waals surface area contributed by atoms with Crippen molar-refractivity contribution in [1.29, 1.82) is 0 Å². The smallest absolute Gasteiger partial charge is 0.339 e. The summed E-state index contributed by atoms with van der Waals surface area (Å²) in [7, 11) is 0. The van der Waals surface area contributed by atoms with E-state index in [1.807, 2.05) is 0 Å². The Balaban J connectivity index is 2.47. The molecule has 6 heteroatoms. The number of rotatable bonds is 3. The number of nitrogen functional groups attached to an aromatic ring is 1. The monoisotopic (exact) mass is 331 g/mol. The Kier molecular flexibility index (Phi) is 4.59. The molecule has 0 fully saturated rings. The Morgan fingerprint density at radius 2 is 1.79 bits per heavy atom. The van der Waals surface area contributed by atoms with Gasteiger partial charge in [0.15, 0.2) is 0 Å². The number of carbonyl (C=O) groups is 2. The maximum Gasteiger partial charge on any atom is 0.339 e. The van der Waals surface area contributed by atoms with E-state index in [4.69, 9.17) is 10.5 Å². The van der Waals surface area contributed by atoms with Crippen LogP contribution < -0.4 is 5.73 Å². The summed E-state index contributed by atoms with van der Waals surface area (Å²) in [6.07, 6.45) is 0. The lowest BCUT2D eigenvalue weighted by Gasteiger charge is -2.20. The predicted octanol–water partition coefficient (Wildman–Crippen LogP) is 3.73. The molecule has 0 aliphatic heterocycles. The molecule has 0 unspecified atom stereocenters. The molecule has 0 heterocycles. The largest absolute Gasteiger partial charge is 0.478 e. The number of hydrogen-bond acceptors (Lipinski definition) is 4. The summed E-state index contributed by atoms with van der Waals surface area (Å²) in [5.41, 5.74) is 5.71. The SMILES string of the molecule is CC(C)(C)OC(=O)c1ccc(-c2cccc(F)c2C(=O)O)c(N)c1. The third-order valence-corrected chi connectivity index (χ3v) is 3.20. The summed E-state index contributed by atoms with van der Waals surface area (Å²) in [5, 5.41) is 9.21. The second kappa shape index (κ2) is 6.31. The van der Waals surface area contributed by atoms with Crippen LogP contribution >= 0.6 is 0 Å². The molecule has 3 N–H and O–H groups in total. The van der Waals surface area contributed by atoms with E-state index in [0.717, 1.165) is 6.07 Å². The van der Waals surface area contributed by atoms with Crippen molar-refractivity contribution in [2.75, 3.05) is 5.73 Å². The molecule has 0 spiro atoms. The topological polar surface area (TPSA) is 89.6 Å². The summed E-state index contributed by atoms with van der Waals surface area (Å²) in [6, 6.07) is 8.27. The number of carboxylic acids is 1. The molecule has 0 bridgehead atoms. The Morgan fingerprint density at radius 3 is 2.33 bits per heavy atom. The van der Waals surface area contributed by atoms with E-state index in [1.54, 1.807) is 20.8 Å². The van der Waals surface area contributed by atoms with E-state index in [9.17, 15) is 19.1 Å². The highest BCUT2D eigenvalue weighted by atomic mass is 19.1. The highest BCUT2D eigenvalue weighted by Gasteiger charge is 2.21. The molecular weight excluding hydrogens is 313 g/mol. The maximum atomic E-state index is 13.8. The van der Waals surface area contributed by atoms with Crippen LogP contribution in [0.5, 0.6) is 0 Å². The molecular formula is C18H18FNO4. The van der Waals surface area contributed by atoms with Gasteiger partial charge in [-0.3, -0.25) is 0 Å². The normalized spacial score (nSPS) is 11.2. The van der Waals surface area contributed by atoms with Crippen molar-refractivity contribution < 1.29 is 23.8 Å². The number of carbonyl (C=O) groups excluding carboxylic acids is 1. The standard InChI is InChI=1S/C18H18FNO4/c1-18(2,3)24-17(23)10-7-8-11(14(20)9-10)12-5-4-6-13(19)15(12)16(21)22/h4-9H,20H2,1-3H3,(H,21,22). The fraction of sp³-hybridized carbons (Fsp3) is 0.222. The van der Waals surface area contributed by atoms with Gasteiger partial charge in [-0.25, -0.2) is 14.0 Å². The second-order valence-corrected chi connectivity index (χ2v) is 6.27. The average Bonchev–Trinajstić information content (AvgIpc) is 2.44. The lowest BCUT2D eigenvalue weighted by atomic mass is 9.96. The first-order chi connectivity index (χ1) is 11.1. The fourth-order valence-corrected chi connectivity index (χ4v) is 2.24. The van der Waals surface area contributed by atoms with Gasteiger partial charge in [0, 0.05) is 16.8 Å². The zero-order chi connectivity index (χ0) is 18.1. The summed E-state index contributed by atoms with van der Waals surface area (Å²) >= 11 is 0. The zero-order valence-corrected chi connectivity index (χ0v) is 13.6. The van der Waals surface area contributed by atoms with Crippen LogP contribution in [-0.4, -0.2) is 22.6 Å². The van der Waals surface area contributed by atoms with Crippen molar-refractivity contribution in [2.45, 2.75) is 26.4 Å². The second-order valence-electron chi connectivity index (χ2n) is 6.27. The van der Waals surface area contributed by atoms with Gasteiger partial charge in [0.05, 0.1) is 5.56 Å². The average molecular weight is 331 g/mol. The van der Waals surface area contributed by atoms with Gasteiger partial charge in [-0.15, -0.1) is 0 Å². The van der Waals surface area contributed by atoms with Crippen molar-refractivity contribution in [3.8, 4) is 11.1 Å². The molecule has 0 amide bonds. The molecule has 0 radical (unpaired) electrons. The van der Waals surface area contributed by atoms with Crippen molar-refractivity contribution in [3.05, 3.63) is 53.3 Å². The van der Waals surface area contributed by atoms with Gasteiger partial charge in [-0.2, -0.15) is 0 Å². The van der Waals surface area contributed by atoms with Gasteiger partial charge in [0.1, 0.15) is 17.0 Å². The first-order valence-corrected chi connectivity index (χ1v) is 7.25. The van der Waals surface area contributed by atoms with Crippen LogP contribution in [0, 0.1) is 5.82 Å². The van der Waals surface area contributed by atoms with Crippen molar-refractivity contribution >= 4 is 17.6 Å². The van der Waals surface area contributed by atoms with Gasteiger partial charge in [-0.1, -0.05) is 18.2 Å². The maximum absolute atomic E-state index is 13.8. The molecule has 0 aromatic heterocycles. The highest BCUT2D eigenvalue weighted by Crippen LogP contribution is 2.31. The number of esters is 1. The lowest BCUT2D eigenvalue weighted by molar-refractivity contribution is 0.00693. The third kappa shape index (κ3) is 3.71. The molecule has 0 saturated heterocycles. The van der Waals surface area contributed by atoms with Crippen LogP contribution in [-0.2, 0) is 4.74 Å². The quantitative estimate of drug-likeness (QED) is 0.661. The lowest BCUT2D eigenvalue weighted by Crippen LogP contribution is -2.24. The number of carboxylic acid groups (broad SMARTS) is 1. The van der Waals surface area contributed by atoms with E-state index in [0.29, 0.717) is 5.56 Å². The first kappa shape index (κ1) is 17.5. The van der Waals surface area contributed by atoms with Crippen LogP contribution in [0.1, 0.15) is 41.5 Å². The van der Waals surface area contributed by atoms with Gasteiger partial charge in [0.2, 0.25) is 0 Å². The summed E-state index contributed by atoms with van der Waals surface area (Å²) < 4.78 is 19.1. The van der Waals surface area contributed by atoms with Crippen molar-refractivity contribution in [2.24, 2.45) is 0 Å². The molecule has 0 atom stereocenters. The van der Waals surface area contributed by atoms with Gasteiger partial charge < -0.3 is 15.6 Å². The van der Waals surface area contributed by atoms with Gasteiger partial charge in [0.25, 0.3) is 0 Å². The van der Waals surface area contributed by atoms with Crippen LogP contribution in [0.25, 0.3) is 11.1 Å². The third-order valence-electron chi connectivity index (χ3n) is 3.20. The summed E-state index contributed by atoms with van der Waals surface area (Å²) in [6.45, 7) is 5.23. The highest BCUT2D eigenvalue weighted by molar-refractivity contribution is 5.99. The van der Waals surface area contributed by atoms with Gasteiger partial charge in [-0.05, 0) is 39.0 Å². The van der Waals surface area contributed by atoms with E-state index >= 15 is 0 Å². The minimum atomic E-state index is -1.39. The fourth-order valence-electron chi connectivity index (χ4n) is 2.24. The number of ether oxygens (including phenoxy) is 1. The van der Waals surface area contributed by atoms with Crippen LogP contribution in [0.3, 0.4) is 0 Å². The molecule has 2 aromatic rings. The summed E-state index contributed by atoms with van der Waals surface area (Å²) in [5.74, 6) is -2.78. The van der Waals surface area contributed by atoms with Crippen LogP contribution in [0.15, 0.2) is 36.4 Å². The first-order valence-electron chi connectivity index (χ1n) is 7.25. The number of halogens is 1. The van der Waals surface area contributed by atoms with Crippen molar-refractivity contribution in [1.82, 2.24) is 0 Å². The van der Waals surface area contributed by atoms with Gasteiger partial charge >= 0.3 is 11.9 Å². The molecule has 5 nitrogen and oxygen atoms in total. The number of aromatic carboxylic acids is 1. The molecule has 2 rings (SSSR count). The van der Waals surface area contributed by atoms with Crippen LogP contribution in [0.2, 0.25) is 0 Å². The predicted molar refractivity (Wildman–Crippen MR) is 88.4 cm³/mol. The Bertz CT molecular complexity index is 809. The number of hydrogen-bond donors (Lipinski definition) is 2. The van der Waals surface area contributed by atoms with Crippen LogP contribution in [0.4, 0.5) is 10.1 Å². The minimum Gasteiger partial charge on any atom is -0.478 e. The number of anilines is 1. The van der Waals surface area contributed by atoms with Crippen molar-refractivity contribution in [3.63, 3.8) is 0 Å². The molecule has 0 saturated carbocycles. The number of benzene rings is 2. The number of nitrogens with two attached hydrogens (primary N) is 1. The van der Waals surface area contributed by atoms with E-state index < -0.39 is 28.9 Å². The molecule has 24 heavy (non-hydrogen) atoms. The Hall–Kier alpha value is -2.89. The molecule has 126 valence electrons. The minimum absolute atomic E-state index is 0.149. The molecule has 0 aliphatic rings. The van der Waals surface area contributed by atoms with E-state index in [-0.39, 0.29) is 16.8 Å². The molecule has 2 aromatic carbocycles.